The lowest BCUT2D eigenvalue weighted by molar-refractivity contribution is 0.571. The molecule has 2 aromatic heterocycles. The monoisotopic (exact) mass is 403 g/mol. The molecule has 0 fully saturated rings. The van der Waals surface area contributed by atoms with Gasteiger partial charge in [-0.3, -0.25) is 9.48 Å². The zero-order valence-electron chi connectivity index (χ0n) is 15.0. The minimum absolute atomic E-state index is 0.0609. The second-order valence-electron chi connectivity index (χ2n) is 6.78. The molecule has 1 atom stereocenters. The fraction of sp³-hybridized carbons (Fsp3) is 0.316. The van der Waals surface area contributed by atoms with Crippen molar-refractivity contribution in [2.75, 3.05) is 5.32 Å². The Morgan fingerprint density at radius 3 is 2.81 bits per heavy atom. The first-order valence-electron chi connectivity index (χ1n) is 8.77. The van der Waals surface area contributed by atoms with E-state index in [0.717, 1.165) is 30.4 Å². The number of anilines is 1. The number of benzene rings is 1. The van der Waals surface area contributed by atoms with Gasteiger partial charge in [-0.25, -0.2) is 0 Å². The molecule has 4 rings (SSSR count). The van der Waals surface area contributed by atoms with Crippen molar-refractivity contribution in [3.05, 3.63) is 67.8 Å². The van der Waals surface area contributed by atoms with Gasteiger partial charge in [-0.1, -0.05) is 29.3 Å². The van der Waals surface area contributed by atoms with Crippen LogP contribution in [0.5, 0.6) is 0 Å². The minimum Gasteiger partial charge on any atom is -0.375 e. The van der Waals surface area contributed by atoms with E-state index in [2.05, 4.69) is 15.5 Å². The Morgan fingerprint density at radius 2 is 2.04 bits per heavy atom. The van der Waals surface area contributed by atoms with E-state index in [1.54, 1.807) is 18.3 Å². The van der Waals surface area contributed by atoms with E-state index in [9.17, 15) is 4.79 Å². The SMILES string of the molecule is Cc1ccc(-n2ncc(NC3CCCc4c3cnn4C)c(Cl)c2=O)cc1Cl. The topological polar surface area (TPSA) is 64.7 Å². The first kappa shape index (κ1) is 18.1. The predicted molar refractivity (Wildman–Crippen MR) is 107 cm³/mol. The summed E-state index contributed by atoms with van der Waals surface area (Å²) < 4.78 is 3.16. The maximum absolute atomic E-state index is 12.7. The molecule has 2 heterocycles. The lowest BCUT2D eigenvalue weighted by Gasteiger charge is -2.25. The molecule has 1 aliphatic carbocycles. The molecule has 0 saturated heterocycles. The summed E-state index contributed by atoms with van der Waals surface area (Å²) in [6.45, 7) is 1.90. The summed E-state index contributed by atoms with van der Waals surface area (Å²) in [5.74, 6) is 0. The van der Waals surface area contributed by atoms with Crippen molar-refractivity contribution >= 4 is 28.9 Å². The molecule has 1 N–H and O–H groups in total. The number of aryl methyl sites for hydroxylation is 2. The van der Waals surface area contributed by atoms with Crippen LogP contribution in [0.3, 0.4) is 0 Å². The van der Waals surface area contributed by atoms with E-state index in [1.807, 2.05) is 30.9 Å². The summed E-state index contributed by atoms with van der Waals surface area (Å²) in [5.41, 5.74) is 4.01. The molecule has 1 aromatic carbocycles. The van der Waals surface area contributed by atoms with Gasteiger partial charge in [-0.2, -0.15) is 14.9 Å². The molecule has 8 heteroatoms. The Kier molecular flexibility index (Phi) is 4.70. The van der Waals surface area contributed by atoms with Gasteiger partial charge in [0.25, 0.3) is 5.56 Å². The molecular weight excluding hydrogens is 385 g/mol. The van der Waals surface area contributed by atoms with E-state index in [4.69, 9.17) is 23.2 Å². The molecule has 0 bridgehead atoms. The van der Waals surface area contributed by atoms with Crippen LogP contribution in [-0.4, -0.2) is 19.6 Å². The van der Waals surface area contributed by atoms with Gasteiger partial charge in [0.15, 0.2) is 0 Å². The van der Waals surface area contributed by atoms with Crippen molar-refractivity contribution in [2.45, 2.75) is 32.2 Å². The van der Waals surface area contributed by atoms with Gasteiger partial charge in [0.1, 0.15) is 5.02 Å². The highest BCUT2D eigenvalue weighted by Crippen LogP contribution is 2.33. The Labute approximate surface area is 166 Å². The largest absolute Gasteiger partial charge is 0.375 e. The van der Waals surface area contributed by atoms with E-state index >= 15 is 0 Å². The zero-order valence-corrected chi connectivity index (χ0v) is 16.6. The lowest BCUT2D eigenvalue weighted by atomic mass is 9.93. The highest BCUT2D eigenvalue weighted by atomic mass is 35.5. The third kappa shape index (κ3) is 3.24. The van der Waals surface area contributed by atoms with E-state index in [-0.39, 0.29) is 16.6 Å². The number of nitrogens with zero attached hydrogens (tertiary/aromatic N) is 4. The average molecular weight is 404 g/mol. The molecule has 0 aliphatic heterocycles. The molecule has 1 aliphatic rings. The van der Waals surface area contributed by atoms with Crippen molar-refractivity contribution < 1.29 is 0 Å². The van der Waals surface area contributed by atoms with Gasteiger partial charge >= 0.3 is 0 Å². The molecule has 3 aromatic rings. The Hall–Kier alpha value is -2.31. The van der Waals surface area contributed by atoms with Crippen molar-refractivity contribution in [3.63, 3.8) is 0 Å². The summed E-state index contributed by atoms with van der Waals surface area (Å²) in [5, 5.41) is 12.7. The Balaban J connectivity index is 1.67. The van der Waals surface area contributed by atoms with Crippen LogP contribution in [0.15, 0.2) is 35.4 Å². The Morgan fingerprint density at radius 1 is 1.22 bits per heavy atom. The molecule has 0 spiro atoms. The van der Waals surface area contributed by atoms with Crippen molar-refractivity contribution in [2.24, 2.45) is 7.05 Å². The quantitative estimate of drug-likeness (QED) is 0.715. The minimum atomic E-state index is -0.385. The zero-order chi connectivity index (χ0) is 19.1. The molecule has 0 radical (unpaired) electrons. The summed E-state index contributed by atoms with van der Waals surface area (Å²) in [4.78, 5) is 12.7. The van der Waals surface area contributed by atoms with Crippen LogP contribution < -0.4 is 10.9 Å². The first-order chi connectivity index (χ1) is 13.0. The van der Waals surface area contributed by atoms with Crippen LogP contribution in [0.4, 0.5) is 5.69 Å². The summed E-state index contributed by atoms with van der Waals surface area (Å²) in [7, 11) is 1.95. The van der Waals surface area contributed by atoms with E-state index in [1.165, 1.54) is 10.4 Å². The van der Waals surface area contributed by atoms with Gasteiger partial charge in [0.05, 0.1) is 29.8 Å². The summed E-state index contributed by atoms with van der Waals surface area (Å²) >= 11 is 12.6. The number of fused-ring (bicyclic) bond motifs is 1. The highest BCUT2D eigenvalue weighted by molar-refractivity contribution is 6.33. The number of halogens is 2. The van der Waals surface area contributed by atoms with Crippen LogP contribution in [-0.2, 0) is 13.5 Å². The molecular formula is C19H19Cl2N5O. The van der Waals surface area contributed by atoms with Crippen LogP contribution in [0.25, 0.3) is 5.69 Å². The summed E-state index contributed by atoms with van der Waals surface area (Å²) in [6, 6.07) is 5.41. The van der Waals surface area contributed by atoms with Crippen molar-refractivity contribution in [1.82, 2.24) is 19.6 Å². The molecule has 6 nitrogen and oxygen atoms in total. The number of hydrogen-bond donors (Lipinski definition) is 1. The number of hydrogen-bond acceptors (Lipinski definition) is 4. The fourth-order valence-electron chi connectivity index (χ4n) is 3.47. The summed E-state index contributed by atoms with van der Waals surface area (Å²) in [6.07, 6.45) is 6.47. The molecule has 1 unspecified atom stereocenters. The van der Waals surface area contributed by atoms with Gasteiger partial charge in [-0.05, 0) is 43.9 Å². The third-order valence-corrected chi connectivity index (χ3v) is 5.80. The van der Waals surface area contributed by atoms with Crippen LogP contribution in [0.1, 0.15) is 35.7 Å². The van der Waals surface area contributed by atoms with Gasteiger partial charge < -0.3 is 5.32 Å². The number of nitrogens with one attached hydrogen (secondary N) is 1. The maximum Gasteiger partial charge on any atom is 0.292 e. The smallest absolute Gasteiger partial charge is 0.292 e. The second-order valence-corrected chi connectivity index (χ2v) is 7.57. The second kappa shape index (κ2) is 7.02. The molecule has 0 amide bonds. The normalized spacial score (nSPS) is 16.2. The van der Waals surface area contributed by atoms with Crippen molar-refractivity contribution in [3.8, 4) is 5.69 Å². The van der Waals surface area contributed by atoms with Crippen LogP contribution in [0, 0.1) is 6.92 Å². The van der Waals surface area contributed by atoms with Crippen molar-refractivity contribution in [1.29, 1.82) is 0 Å². The predicted octanol–water partition coefficient (Wildman–Crippen LogP) is 4.07. The number of aromatic nitrogens is 4. The third-order valence-electron chi connectivity index (χ3n) is 5.02. The Bertz CT molecular complexity index is 1070. The van der Waals surface area contributed by atoms with Crippen LogP contribution >= 0.6 is 23.2 Å². The van der Waals surface area contributed by atoms with E-state index in [0.29, 0.717) is 16.4 Å². The standard InChI is InChI=1S/C19H19Cl2N5O/c1-11-6-7-12(8-14(11)20)26-19(27)18(21)16(10-23-26)24-15-4-3-5-17-13(15)9-22-25(17)2/h6-10,15,24H,3-5H2,1-2H3. The molecule has 27 heavy (non-hydrogen) atoms. The molecule has 140 valence electrons. The highest BCUT2D eigenvalue weighted by Gasteiger charge is 2.24. The number of rotatable bonds is 3. The van der Waals surface area contributed by atoms with Crippen LogP contribution in [0.2, 0.25) is 10.0 Å². The van der Waals surface area contributed by atoms with Gasteiger partial charge in [0.2, 0.25) is 0 Å². The molecule has 0 saturated carbocycles. The van der Waals surface area contributed by atoms with Gasteiger partial charge in [0, 0.05) is 23.3 Å². The first-order valence-corrected chi connectivity index (χ1v) is 9.53. The van der Waals surface area contributed by atoms with E-state index < -0.39 is 0 Å². The fourth-order valence-corrected chi connectivity index (χ4v) is 3.83. The lowest BCUT2D eigenvalue weighted by Crippen LogP contribution is -2.24. The average Bonchev–Trinajstić information content (AvgIpc) is 3.04. The maximum atomic E-state index is 12.7. The van der Waals surface area contributed by atoms with Gasteiger partial charge in [-0.15, -0.1) is 0 Å².